The Morgan fingerprint density at radius 1 is 1.06 bits per heavy atom. The van der Waals surface area contributed by atoms with Crippen molar-refractivity contribution >= 4 is 35.6 Å². The number of ether oxygens (including phenoxy) is 2. The van der Waals surface area contributed by atoms with Crippen LogP contribution in [0.1, 0.15) is 53.8 Å². The number of rotatable bonds is 11. The number of aliphatic hydroxyl groups excluding tert-OH is 1. The molecule has 4 amide bonds. The summed E-state index contributed by atoms with van der Waals surface area (Å²) < 4.78 is 10.6. The molecule has 11 nitrogen and oxygen atoms in total. The molecule has 2 heterocycles. The number of hydrogen-bond donors (Lipinski definition) is 3. The number of piperidine rings is 1. The lowest BCUT2D eigenvalue weighted by Gasteiger charge is -2.27. The van der Waals surface area contributed by atoms with Crippen LogP contribution < -0.4 is 10.6 Å². The highest BCUT2D eigenvalue weighted by molar-refractivity contribution is 6.25. The highest BCUT2D eigenvalue weighted by atomic mass is 16.5. The van der Waals surface area contributed by atoms with Gasteiger partial charge < -0.3 is 24.7 Å². The quantitative estimate of drug-likeness (QED) is 0.237. The molecule has 1 unspecified atom stereocenters. The van der Waals surface area contributed by atoms with Gasteiger partial charge in [0.15, 0.2) is 0 Å². The van der Waals surface area contributed by atoms with Gasteiger partial charge in [-0.1, -0.05) is 19.9 Å². The van der Waals surface area contributed by atoms with Crippen molar-refractivity contribution < 1.29 is 38.6 Å². The monoisotopic (exact) mass is 479 g/mol. The Morgan fingerprint density at radius 2 is 1.74 bits per heavy atom. The first-order valence-corrected chi connectivity index (χ1v) is 11.2. The third-order valence-electron chi connectivity index (χ3n) is 4.78. The predicted molar refractivity (Wildman–Crippen MR) is 123 cm³/mol. The van der Waals surface area contributed by atoms with Gasteiger partial charge in [0.2, 0.25) is 11.8 Å². The Balaban J connectivity index is 0.00000137. The molecule has 0 saturated carbocycles. The van der Waals surface area contributed by atoms with E-state index in [4.69, 9.17) is 14.6 Å². The summed E-state index contributed by atoms with van der Waals surface area (Å²) in [5.74, 6) is -2.16. The lowest BCUT2D eigenvalue weighted by atomic mass is 10.0. The summed E-state index contributed by atoms with van der Waals surface area (Å²) >= 11 is 0. The van der Waals surface area contributed by atoms with Crippen LogP contribution in [-0.4, -0.2) is 86.0 Å². The molecule has 34 heavy (non-hydrogen) atoms. The minimum atomic E-state index is -0.995. The number of carbonyl (C=O) groups excluding carboxylic acids is 5. The van der Waals surface area contributed by atoms with E-state index in [1.807, 2.05) is 13.8 Å². The van der Waals surface area contributed by atoms with Gasteiger partial charge in [-0.15, -0.1) is 0 Å². The van der Waals surface area contributed by atoms with Gasteiger partial charge in [0, 0.05) is 32.2 Å². The van der Waals surface area contributed by atoms with E-state index in [1.165, 1.54) is 0 Å². The standard InChI is InChI=1S/C20H23N3O7.C2H6.CH4O/c24-8-2-9-29-11-12-30-10-7-21-14-4-1-3-13-17(14)20(28)23(19(13)27)15-5-6-16(25)22-18(15)26;2*1-2/h1,3-4,8,15,21H,2,5-7,9-12H2,(H,22,25,26);1-2H3;2H,1H3. The Morgan fingerprint density at radius 3 is 2.38 bits per heavy atom. The van der Waals surface area contributed by atoms with Crippen LogP contribution in [0.15, 0.2) is 18.2 Å². The minimum Gasteiger partial charge on any atom is -0.400 e. The van der Waals surface area contributed by atoms with Crippen molar-refractivity contribution in [2.24, 2.45) is 0 Å². The molecule has 1 aromatic rings. The van der Waals surface area contributed by atoms with E-state index < -0.39 is 29.7 Å². The zero-order chi connectivity index (χ0) is 25.5. The second kappa shape index (κ2) is 15.6. The molecule has 1 saturated heterocycles. The van der Waals surface area contributed by atoms with Crippen molar-refractivity contribution in [3.63, 3.8) is 0 Å². The Hall–Kier alpha value is -3.15. The summed E-state index contributed by atoms with van der Waals surface area (Å²) in [5, 5.41) is 12.3. The van der Waals surface area contributed by atoms with E-state index in [0.717, 1.165) is 18.3 Å². The SMILES string of the molecule is CC.CO.O=CCCOCCOCCNc1cccc2c1C(=O)N(C1CCC(=O)NC1=O)C2=O. The maximum absolute atomic E-state index is 12.9. The summed E-state index contributed by atoms with van der Waals surface area (Å²) in [7, 11) is 1.00. The number of amides is 4. The van der Waals surface area contributed by atoms with E-state index in [0.29, 0.717) is 45.1 Å². The highest BCUT2D eigenvalue weighted by Crippen LogP contribution is 2.32. The number of anilines is 1. The third kappa shape index (κ3) is 7.44. The fourth-order valence-corrected chi connectivity index (χ4v) is 3.37. The number of aldehydes is 1. The number of benzene rings is 1. The summed E-state index contributed by atoms with van der Waals surface area (Å²) in [6.07, 6.45) is 1.33. The Bertz CT molecular complexity index is 859. The summed E-state index contributed by atoms with van der Waals surface area (Å²) in [4.78, 5) is 60.3. The van der Waals surface area contributed by atoms with Crippen LogP contribution in [0.5, 0.6) is 0 Å². The molecular formula is C23H33N3O8. The first-order chi connectivity index (χ1) is 16.5. The zero-order valence-corrected chi connectivity index (χ0v) is 19.8. The normalized spacial score (nSPS) is 16.6. The molecule has 1 aromatic carbocycles. The van der Waals surface area contributed by atoms with E-state index in [-0.39, 0.29) is 24.0 Å². The van der Waals surface area contributed by atoms with Crippen LogP contribution in [0.4, 0.5) is 5.69 Å². The number of nitrogens with zero attached hydrogens (tertiary/aromatic N) is 1. The first kappa shape index (κ1) is 28.9. The molecule has 11 heteroatoms. The average molecular weight is 480 g/mol. The molecule has 3 rings (SSSR count). The maximum Gasteiger partial charge on any atom is 0.264 e. The summed E-state index contributed by atoms with van der Waals surface area (Å²) in [5.41, 5.74) is 0.912. The molecule has 0 aliphatic carbocycles. The number of imide groups is 2. The van der Waals surface area contributed by atoms with Crippen LogP contribution in [0.25, 0.3) is 0 Å². The molecule has 0 bridgehead atoms. The molecule has 0 aromatic heterocycles. The van der Waals surface area contributed by atoms with Gasteiger partial charge in [-0.2, -0.15) is 0 Å². The van der Waals surface area contributed by atoms with E-state index in [2.05, 4.69) is 10.6 Å². The van der Waals surface area contributed by atoms with Crippen molar-refractivity contribution in [2.75, 3.05) is 45.4 Å². The molecule has 3 N–H and O–H groups in total. The number of aliphatic hydroxyl groups is 1. The molecule has 188 valence electrons. The Labute approximate surface area is 198 Å². The minimum absolute atomic E-state index is 0.0745. The largest absolute Gasteiger partial charge is 0.400 e. The van der Waals surface area contributed by atoms with Gasteiger partial charge in [-0.05, 0) is 18.6 Å². The second-order valence-electron chi connectivity index (χ2n) is 6.78. The van der Waals surface area contributed by atoms with Crippen molar-refractivity contribution in [1.29, 1.82) is 0 Å². The topological polar surface area (TPSA) is 151 Å². The number of carbonyl (C=O) groups is 5. The lowest BCUT2D eigenvalue weighted by Crippen LogP contribution is -2.54. The number of hydrogen-bond acceptors (Lipinski definition) is 9. The maximum atomic E-state index is 12.9. The Kier molecular flexibility index (Phi) is 13.3. The van der Waals surface area contributed by atoms with Gasteiger partial charge in [-0.3, -0.25) is 29.4 Å². The van der Waals surface area contributed by atoms with Gasteiger partial charge in [0.05, 0.1) is 37.6 Å². The van der Waals surface area contributed by atoms with E-state index in [1.54, 1.807) is 18.2 Å². The predicted octanol–water partition coefficient (Wildman–Crippen LogP) is 0.757. The lowest BCUT2D eigenvalue weighted by molar-refractivity contribution is -0.136. The van der Waals surface area contributed by atoms with Crippen molar-refractivity contribution in [1.82, 2.24) is 10.2 Å². The average Bonchev–Trinajstić information content (AvgIpc) is 3.11. The molecule has 2 aliphatic heterocycles. The molecule has 0 radical (unpaired) electrons. The van der Waals surface area contributed by atoms with Crippen LogP contribution in [-0.2, 0) is 23.9 Å². The van der Waals surface area contributed by atoms with Crippen molar-refractivity contribution in [3.8, 4) is 0 Å². The second-order valence-corrected chi connectivity index (χ2v) is 6.78. The summed E-state index contributed by atoms with van der Waals surface area (Å²) in [6.45, 7) is 5.85. The molecule has 1 atom stereocenters. The van der Waals surface area contributed by atoms with Gasteiger partial charge >= 0.3 is 0 Å². The smallest absolute Gasteiger partial charge is 0.264 e. The fraction of sp³-hybridized carbons (Fsp3) is 0.522. The summed E-state index contributed by atoms with van der Waals surface area (Å²) in [6, 6.07) is 3.88. The van der Waals surface area contributed by atoms with Crippen LogP contribution in [0.2, 0.25) is 0 Å². The molecular weight excluding hydrogens is 446 g/mol. The van der Waals surface area contributed by atoms with Crippen LogP contribution in [0.3, 0.4) is 0 Å². The molecule has 0 spiro atoms. The first-order valence-electron chi connectivity index (χ1n) is 11.2. The fourth-order valence-electron chi connectivity index (χ4n) is 3.37. The van der Waals surface area contributed by atoms with Crippen LogP contribution >= 0.6 is 0 Å². The van der Waals surface area contributed by atoms with Crippen molar-refractivity contribution in [3.05, 3.63) is 29.3 Å². The zero-order valence-electron chi connectivity index (χ0n) is 19.8. The number of nitrogens with one attached hydrogen (secondary N) is 2. The van der Waals surface area contributed by atoms with E-state index in [9.17, 15) is 24.0 Å². The molecule has 1 fully saturated rings. The third-order valence-corrected chi connectivity index (χ3v) is 4.78. The number of fused-ring (bicyclic) bond motifs is 1. The van der Waals surface area contributed by atoms with Gasteiger partial charge in [0.25, 0.3) is 11.8 Å². The van der Waals surface area contributed by atoms with E-state index >= 15 is 0 Å². The van der Waals surface area contributed by atoms with Crippen molar-refractivity contribution in [2.45, 2.75) is 39.2 Å². The highest BCUT2D eigenvalue weighted by Gasteiger charge is 2.45. The van der Waals surface area contributed by atoms with Gasteiger partial charge in [0.1, 0.15) is 12.3 Å². The van der Waals surface area contributed by atoms with Crippen LogP contribution in [0, 0.1) is 0 Å². The molecule has 2 aliphatic rings. The van der Waals surface area contributed by atoms with Gasteiger partial charge in [-0.25, -0.2) is 0 Å².